The van der Waals surface area contributed by atoms with Crippen LogP contribution in [-0.4, -0.2) is 0 Å². The van der Waals surface area contributed by atoms with E-state index in [1.165, 1.54) is 104 Å². The van der Waals surface area contributed by atoms with Crippen LogP contribution >= 0.6 is 0 Å². The minimum absolute atomic E-state index is 0.548. The molecule has 3 aliphatic rings. The summed E-state index contributed by atoms with van der Waals surface area (Å²) in [5.41, 5.74) is 18.3. The Hall–Kier alpha value is -9.18. The Bertz CT molecular complexity index is 4380. The molecule has 324 valence electrons. The highest BCUT2D eigenvalue weighted by atomic mass is 16.6. The largest absolute Gasteiger partial charge is 0.456 e. The number of para-hydroxylation sites is 2. The zero-order valence-corrected chi connectivity index (χ0v) is 37.7. The highest BCUT2D eigenvalue weighted by molar-refractivity contribution is 6.22. The molecule has 1 unspecified atom stereocenters. The Morgan fingerprint density at radius 2 is 0.800 bits per heavy atom. The lowest BCUT2D eigenvalue weighted by atomic mass is 9.70. The molecule has 1 aromatic heterocycles. The van der Waals surface area contributed by atoms with Gasteiger partial charge in [0.1, 0.15) is 11.2 Å². The van der Waals surface area contributed by atoms with E-state index in [1.807, 2.05) is 24.3 Å². The van der Waals surface area contributed by atoms with Gasteiger partial charge in [0.2, 0.25) is 0 Å². The Morgan fingerprint density at radius 1 is 0.271 bits per heavy atom. The molecule has 0 fully saturated rings. The summed E-state index contributed by atoms with van der Waals surface area (Å²) < 4.78 is 19.7. The van der Waals surface area contributed by atoms with Gasteiger partial charge >= 0.3 is 0 Å². The van der Waals surface area contributed by atoms with Crippen molar-refractivity contribution in [2.45, 2.75) is 5.41 Å². The Morgan fingerprint density at radius 3 is 1.50 bits per heavy atom. The molecule has 0 N–H and O–H groups in total. The number of fused-ring (bicyclic) bond motifs is 19. The van der Waals surface area contributed by atoms with Crippen LogP contribution in [0, 0.1) is 0 Å². The third-order valence-corrected chi connectivity index (χ3v) is 15.5. The van der Waals surface area contributed by atoms with Crippen LogP contribution in [0.25, 0.3) is 110 Å². The number of rotatable bonds is 3. The number of hydrogen-bond acceptors (Lipinski definition) is 3. The second kappa shape index (κ2) is 13.9. The average Bonchev–Trinajstić information content (AvgIpc) is 4.04. The average molecular weight is 891 g/mol. The van der Waals surface area contributed by atoms with Crippen LogP contribution < -0.4 is 9.47 Å². The maximum atomic E-state index is 6.62. The molecule has 3 heteroatoms. The van der Waals surface area contributed by atoms with Crippen LogP contribution in [0.3, 0.4) is 0 Å². The van der Waals surface area contributed by atoms with Crippen molar-refractivity contribution in [3.8, 4) is 78.6 Å². The Balaban J connectivity index is 0.867. The van der Waals surface area contributed by atoms with E-state index in [9.17, 15) is 0 Å². The zero-order chi connectivity index (χ0) is 45.7. The topological polar surface area (TPSA) is 31.6 Å². The molecule has 13 aromatic rings. The minimum atomic E-state index is -0.548. The van der Waals surface area contributed by atoms with Crippen molar-refractivity contribution >= 4 is 54.3 Å². The lowest BCUT2D eigenvalue weighted by Crippen LogP contribution is -2.26. The Kier molecular flexibility index (Phi) is 7.54. The van der Waals surface area contributed by atoms with Crippen LogP contribution in [0.5, 0.6) is 23.0 Å². The first-order chi connectivity index (χ1) is 34.7. The van der Waals surface area contributed by atoms with E-state index in [-0.39, 0.29) is 0 Å². The van der Waals surface area contributed by atoms with Crippen molar-refractivity contribution in [3.63, 3.8) is 0 Å². The summed E-state index contributed by atoms with van der Waals surface area (Å²) in [6.45, 7) is 0. The third-order valence-electron chi connectivity index (χ3n) is 15.5. The second-order valence-corrected chi connectivity index (χ2v) is 19.0. The first-order valence-electron chi connectivity index (χ1n) is 24.1. The third kappa shape index (κ3) is 5.03. The van der Waals surface area contributed by atoms with Gasteiger partial charge < -0.3 is 13.9 Å². The van der Waals surface area contributed by atoms with Crippen LogP contribution in [0.1, 0.15) is 22.3 Å². The van der Waals surface area contributed by atoms with E-state index in [1.54, 1.807) is 0 Å². The highest BCUT2D eigenvalue weighted by Crippen LogP contribution is 2.65. The molecule has 0 saturated heterocycles. The maximum Gasteiger partial charge on any atom is 0.170 e. The first kappa shape index (κ1) is 37.9. The first-order valence-corrected chi connectivity index (χ1v) is 24.1. The second-order valence-electron chi connectivity index (χ2n) is 19.0. The van der Waals surface area contributed by atoms with Crippen LogP contribution in [0.2, 0.25) is 0 Å². The molecule has 0 saturated carbocycles. The van der Waals surface area contributed by atoms with E-state index in [0.29, 0.717) is 0 Å². The SMILES string of the molecule is c1cc(-c2ccc3c(c2)oc2ccc4ccccc4c23)cc(-c2c3ccccc3c(-c3ccc4c(c3)-c3ccccc3C43c4ccccc4-c4cc5c(cc43)Oc3ccccc3O5)c3ccccc23)c1. The molecule has 0 radical (unpaired) electrons. The number of benzene rings is 12. The lowest BCUT2D eigenvalue weighted by Gasteiger charge is -2.31. The summed E-state index contributed by atoms with van der Waals surface area (Å²) in [5, 5.41) is 9.62. The monoisotopic (exact) mass is 890 g/mol. The van der Waals surface area contributed by atoms with Gasteiger partial charge in [-0.05, 0) is 165 Å². The molecular formula is C67H38O3. The molecule has 1 atom stereocenters. The highest BCUT2D eigenvalue weighted by Gasteiger charge is 2.52. The van der Waals surface area contributed by atoms with Gasteiger partial charge in [-0.1, -0.05) is 176 Å². The predicted octanol–water partition coefficient (Wildman–Crippen LogP) is 18.3. The van der Waals surface area contributed by atoms with Crippen molar-refractivity contribution < 1.29 is 13.9 Å². The standard InChI is InChI=1S/C67H38O3/c1-2-17-44-39(14-1)30-33-60-66(44)51-31-28-41(36-61(51)70-60)40-15-13-16-42(34-40)64-47-20-3-5-22-49(47)65(50-23-6-4-21-48(50)64)43-29-32-56-52(35-43)45-18-7-9-24-54(45)67(56)55-25-10-8-19-46(55)53-37-62-63(38-57(53)67)69-59-27-12-11-26-58(59)68-62/h1-38H. The van der Waals surface area contributed by atoms with E-state index < -0.39 is 5.41 Å². The van der Waals surface area contributed by atoms with Gasteiger partial charge in [0, 0.05) is 10.8 Å². The molecule has 1 aliphatic heterocycles. The van der Waals surface area contributed by atoms with E-state index >= 15 is 0 Å². The zero-order valence-electron chi connectivity index (χ0n) is 37.7. The van der Waals surface area contributed by atoms with E-state index in [2.05, 4.69) is 206 Å². The van der Waals surface area contributed by atoms with Crippen molar-refractivity contribution in [1.82, 2.24) is 0 Å². The molecule has 0 bridgehead atoms. The maximum absolute atomic E-state index is 6.62. The van der Waals surface area contributed by atoms with E-state index in [4.69, 9.17) is 13.9 Å². The van der Waals surface area contributed by atoms with Crippen molar-refractivity contribution in [2.75, 3.05) is 0 Å². The molecule has 2 heterocycles. The molecule has 3 nitrogen and oxygen atoms in total. The summed E-state index contributed by atoms with van der Waals surface area (Å²) in [6.07, 6.45) is 0. The van der Waals surface area contributed by atoms with Gasteiger partial charge in [-0.2, -0.15) is 0 Å². The summed E-state index contributed by atoms with van der Waals surface area (Å²) in [5.74, 6) is 2.92. The summed E-state index contributed by atoms with van der Waals surface area (Å²) >= 11 is 0. The number of furan rings is 1. The van der Waals surface area contributed by atoms with Gasteiger partial charge in [-0.25, -0.2) is 0 Å². The van der Waals surface area contributed by atoms with Gasteiger partial charge in [0.05, 0.1) is 5.41 Å². The number of ether oxygens (including phenoxy) is 2. The van der Waals surface area contributed by atoms with Crippen LogP contribution in [0.4, 0.5) is 0 Å². The fraction of sp³-hybridized carbons (Fsp3) is 0.0149. The summed E-state index contributed by atoms with van der Waals surface area (Å²) in [6, 6.07) is 83.9. The van der Waals surface area contributed by atoms with Crippen LogP contribution in [0.15, 0.2) is 235 Å². The van der Waals surface area contributed by atoms with Gasteiger partial charge in [0.15, 0.2) is 23.0 Å². The fourth-order valence-electron chi connectivity index (χ4n) is 12.6. The quantitative estimate of drug-likeness (QED) is 0.166. The number of hydrogen-bond donors (Lipinski definition) is 0. The van der Waals surface area contributed by atoms with Gasteiger partial charge in [0.25, 0.3) is 0 Å². The molecule has 1 spiro atoms. The molecule has 0 amide bonds. The van der Waals surface area contributed by atoms with Gasteiger partial charge in [-0.3, -0.25) is 0 Å². The van der Waals surface area contributed by atoms with Crippen molar-refractivity contribution in [2.24, 2.45) is 0 Å². The summed E-state index contributed by atoms with van der Waals surface area (Å²) in [7, 11) is 0. The van der Waals surface area contributed by atoms with E-state index in [0.717, 1.165) is 50.7 Å². The summed E-state index contributed by atoms with van der Waals surface area (Å²) in [4.78, 5) is 0. The Labute approximate surface area is 403 Å². The molecule has 16 rings (SSSR count). The molecule has 2 aliphatic carbocycles. The van der Waals surface area contributed by atoms with Gasteiger partial charge in [-0.15, -0.1) is 0 Å². The fourth-order valence-corrected chi connectivity index (χ4v) is 12.6. The smallest absolute Gasteiger partial charge is 0.170 e. The normalized spacial score (nSPS) is 14.9. The molecule has 12 aromatic carbocycles. The predicted molar refractivity (Wildman–Crippen MR) is 285 cm³/mol. The van der Waals surface area contributed by atoms with Crippen LogP contribution in [-0.2, 0) is 5.41 Å². The molecule has 70 heavy (non-hydrogen) atoms. The van der Waals surface area contributed by atoms with Crippen molar-refractivity contribution in [1.29, 1.82) is 0 Å². The molecular weight excluding hydrogens is 853 g/mol. The van der Waals surface area contributed by atoms with Crippen molar-refractivity contribution in [3.05, 3.63) is 253 Å². The minimum Gasteiger partial charge on any atom is -0.456 e. The lowest BCUT2D eigenvalue weighted by molar-refractivity contribution is 0.359.